The summed E-state index contributed by atoms with van der Waals surface area (Å²) in [6.45, 7) is 2.77. The van der Waals surface area contributed by atoms with Crippen molar-refractivity contribution in [2.24, 2.45) is 11.8 Å². The standard InChI is InChI=1S/C23H29F2N/c1-17-4-8-20(9-5-17)23(25)13-12-19(15-21(23)16-26(2)3)14-18-6-10-22(24)11-7-18/h4-11,19,21H,12-16H2,1-3H3. The van der Waals surface area contributed by atoms with Crippen molar-refractivity contribution in [3.8, 4) is 0 Å². The van der Waals surface area contributed by atoms with E-state index in [-0.39, 0.29) is 11.7 Å². The molecule has 26 heavy (non-hydrogen) atoms. The first-order valence-electron chi connectivity index (χ1n) is 9.52. The SMILES string of the molecule is Cc1ccc(C2(F)CCC(Cc3ccc(F)cc3)CC2CN(C)C)cc1. The van der Waals surface area contributed by atoms with E-state index in [1.54, 1.807) is 0 Å². The highest BCUT2D eigenvalue weighted by molar-refractivity contribution is 5.28. The van der Waals surface area contributed by atoms with Crippen molar-refractivity contribution >= 4 is 0 Å². The second-order valence-electron chi connectivity index (χ2n) is 8.16. The Labute approximate surface area is 156 Å². The zero-order chi connectivity index (χ0) is 18.7. The Kier molecular flexibility index (Phi) is 5.76. The zero-order valence-corrected chi connectivity index (χ0v) is 16.0. The van der Waals surface area contributed by atoms with Crippen molar-refractivity contribution in [3.63, 3.8) is 0 Å². The molecule has 0 spiro atoms. The number of hydrogen-bond donors (Lipinski definition) is 0. The molecule has 0 aliphatic heterocycles. The van der Waals surface area contributed by atoms with Gasteiger partial charge in [-0.15, -0.1) is 0 Å². The summed E-state index contributed by atoms with van der Waals surface area (Å²) in [5.41, 5.74) is 1.85. The number of halogens is 2. The molecule has 1 fully saturated rings. The third-order valence-corrected chi connectivity index (χ3v) is 5.74. The summed E-state index contributed by atoms with van der Waals surface area (Å²) in [5, 5.41) is 0. The molecular weight excluding hydrogens is 328 g/mol. The molecule has 0 N–H and O–H groups in total. The smallest absolute Gasteiger partial charge is 0.140 e. The molecule has 0 radical (unpaired) electrons. The van der Waals surface area contributed by atoms with E-state index in [4.69, 9.17) is 0 Å². The van der Waals surface area contributed by atoms with Gasteiger partial charge >= 0.3 is 0 Å². The lowest BCUT2D eigenvalue weighted by atomic mass is 9.67. The van der Waals surface area contributed by atoms with Gasteiger partial charge < -0.3 is 4.90 Å². The number of alkyl halides is 1. The van der Waals surface area contributed by atoms with Crippen LogP contribution < -0.4 is 0 Å². The van der Waals surface area contributed by atoms with Gasteiger partial charge in [-0.2, -0.15) is 0 Å². The maximum atomic E-state index is 16.2. The molecule has 1 saturated carbocycles. The minimum atomic E-state index is -1.27. The lowest BCUT2D eigenvalue weighted by Crippen LogP contribution is -2.42. The molecule has 0 amide bonds. The minimum absolute atomic E-state index is 0.0283. The van der Waals surface area contributed by atoms with E-state index < -0.39 is 5.67 Å². The summed E-state index contributed by atoms with van der Waals surface area (Å²) in [5.74, 6) is 0.212. The van der Waals surface area contributed by atoms with Gasteiger partial charge in [-0.3, -0.25) is 0 Å². The lowest BCUT2D eigenvalue weighted by molar-refractivity contribution is -0.000511. The molecule has 2 aromatic rings. The molecule has 0 saturated heterocycles. The van der Waals surface area contributed by atoms with Gasteiger partial charge in [-0.1, -0.05) is 42.0 Å². The summed E-state index contributed by atoms with van der Waals surface area (Å²) in [4.78, 5) is 2.09. The predicted molar refractivity (Wildman–Crippen MR) is 103 cm³/mol. The fourth-order valence-electron chi connectivity index (χ4n) is 4.34. The summed E-state index contributed by atoms with van der Waals surface area (Å²) in [6, 6.07) is 14.7. The Morgan fingerprint density at radius 2 is 1.69 bits per heavy atom. The van der Waals surface area contributed by atoms with Crippen LogP contribution in [0.2, 0.25) is 0 Å². The fraction of sp³-hybridized carbons (Fsp3) is 0.478. The topological polar surface area (TPSA) is 3.24 Å². The molecule has 3 heteroatoms. The summed E-state index contributed by atoms with van der Waals surface area (Å²) < 4.78 is 29.3. The number of nitrogens with zero attached hydrogens (tertiary/aromatic N) is 1. The highest BCUT2D eigenvalue weighted by atomic mass is 19.1. The number of aryl methyl sites for hydroxylation is 1. The average molecular weight is 357 g/mol. The van der Waals surface area contributed by atoms with Gasteiger partial charge in [-0.05, 0) is 75.9 Å². The Balaban J connectivity index is 1.78. The van der Waals surface area contributed by atoms with E-state index in [0.29, 0.717) is 12.3 Å². The molecule has 0 heterocycles. The third-order valence-electron chi connectivity index (χ3n) is 5.74. The van der Waals surface area contributed by atoms with Crippen molar-refractivity contribution in [1.29, 1.82) is 0 Å². The summed E-state index contributed by atoms with van der Waals surface area (Å²) in [7, 11) is 4.03. The van der Waals surface area contributed by atoms with Crippen LogP contribution in [0.15, 0.2) is 48.5 Å². The molecule has 140 valence electrons. The molecule has 3 rings (SSSR count). The Bertz CT molecular complexity index is 708. The quantitative estimate of drug-likeness (QED) is 0.681. The minimum Gasteiger partial charge on any atom is -0.309 e. The van der Waals surface area contributed by atoms with E-state index in [9.17, 15) is 4.39 Å². The van der Waals surface area contributed by atoms with Crippen LogP contribution in [-0.2, 0) is 12.1 Å². The normalized spacial score (nSPS) is 26.2. The van der Waals surface area contributed by atoms with Crippen LogP contribution in [0.1, 0.15) is 36.0 Å². The van der Waals surface area contributed by atoms with E-state index in [0.717, 1.165) is 42.5 Å². The maximum Gasteiger partial charge on any atom is 0.140 e. The summed E-state index contributed by atoms with van der Waals surface area (Å²) in [6.07, 6.45) is 3.18. The first-order valence-corrected chi connectivity index (χ1v) is 9.52. The number of rotatable bonds is 5. The Hall–Kier alpha value is -1.74. The third kappa shape index (κ3) is 4.32. The summed E-state index contributed by atoms with van der Waals surface area (Å²) >= 11 is 0. The van der Waals surface area contributed by atoms with E-state index >= 15 is 4.39 Å². The van der Waals surface area contributed by atoms with Gasteiger partial charge in [0.1, 0.15) is 11.5 Å². The molecule has 0 bridgehead atoms. The molecule has 2 aromatic carbocycles. The van der Waals surface area contributed by atoms with Crippen LogP contribution in [0.25, 0.3) is 0 Å². The molecular formula is C23H29F2N. The van der Waals surface area contributed by atoms with Gasteiger partial charge in [0, 0.05) is 12.5 Å². The second kappa shape index (κ2) is 7.87. The van der Waals surface area contributed by atoms with Crippen LogP contribution in [-0.4, -0.2) is 25.5 Å². The highest BCUT2D eigenvalue weighted by Crippen LogP contribution is 2.48. The molecule has 1 aliphatic rings. The molecule has 0 aromatic heterocycles. The second-order valence-corrected chi connectivity index (χ2v) is 8.16. The van der Waals surface area contributed by atoms with Crippen LogP contribution >= 0.6 is 0 Å². The molecule has 3 atom stereocenters. The van der Waals surface area contributed by atoms with E-state index in [1.807, 2.05) is 57.4 Å². The van der Waals surface area contributed by atoms with Crippen molar-refractivity contribution in [2.75, 3.05) is 20.6 Å². The van der Waals surface area contributed by atoms with Gasteiger partial charge in [0.05, 0.1) is 0 Å². The first kappa shape index (κ1) is 19.0. The monoisotopic (exact) mass is 357 g/mol. The lowest BCUT2D eigenvalue weighted by Gasteiger charge is -2.43. The zero-order valence-electron chi connectivity index (χ0n) is 16.0. The molecule has 3 unspecified atom stereocenters. The van der Waals surface area contributed by atoms with Crippen LogP contribution in [0, 0.1) is 24.6 Å². The van der Waals surface area contributed by atoms with Gasteiger partial charge in [0.2, 0.25) is 0 Å². The van der Waals surface area contributed by atoms with Crippen molar-refractivity contribution < 1.29 is 8.78 Å². The Morgan fingerprint density at radius 1 is 1.04 bits per heavy atom. The van der Waals surface area contributed by atoms with Crippen LogP contribution in [0.5, 0.6) is 0 Å². The van der Waals surface area contributed by atoms with Crippen molar-refractivity contribution in [1.82, 2.24) is 4.90 Å². The highest BCUT2D eigenvalue weighted by Gasteiger charge is 2.45. The van der Waals surface area contributed by atoms with Crippen LogP contribution in [0.3, 0.4) is 0 Å². The number of benzene rings is 2. The van der Waals surface area contributed by atoms with Gasteiger partial charge in [0.15, 0.2) is 0 Å². The molecule has 1 aliphatic carbocycles. The van der Waals surface area contributed by atoms with Crippen LogP contribution in [0.4, 0.5) is 8.78 Å². The fourth-order valence-corrected chi connectivity index (χ4v) is 4.34. The van der Waals surface area contributed by atoms with Crippen molar-refractivity contribution in [3.05, 3.63) is 71.0 Å². The maximum absolute atomic E-state index is 16.2. The Morgan fingerprint density at radius 3 is 2.31 bits per heavy atom. The first-order chi connectivity index (χ1) is 12.4. The van der Waals surface area contributed by atoms with Crippen molar-refractivity contribution in [2.45, 2.75) is 38.3 Å². The molecule has 1 nitrogen and oxygen atoms in total. The largest absolute Gasteiger partial charge is 0.309 e. The van der Waals surface area contributed by atoms with Gasteiger partial charge in [-0.25, -0.2) is 8.78 Å². The number of hydrogen-bond acceptors (Lipinski definition) is 1. The van der Waals surface area contributed by atoms with Gasteiger partial charge in [0.25, 0.3) is 0 Å². The predicted octanol–water partition coefficient (Wildman–Crippen LogP) is 5.52. The van der Waals surface area contributed by atoms with E-state index in [1.165, 1.54) is 12.1 Å². The average Bonchev–Trinajstić information content (AvgIpc) is 2.60. The van der Waals surface area contributed by atoms with E-state index in [2.05, 4.69) is 4.90 Å².